The first kappa shape index (κ1) is 36.9. The maximum absolute atomic E-state index is 13.3. The van der Waals surface area contributed by atoms with Crippen molar-refractivity contribution in [2.24, 2.45) is 13.0 Å². The van der Waals surface area contributed by atoms with Crippen LogP contribution in [0, 0.1) is 18.7 Å². The second-order valence-corrected chi connectivity index (χ2v) is 9.37. The number of aromatic nitrogens is 3. The highest BCUT2D eigenvalue weighted by Gasteiger charge is 2.12. The summed E-state index contributed by atoms with van der Waals surface area (Å²) in [7, 11) is 1.81. The summed E-state index contributed by atoms with van der Waals surface area (Å²) < 4.78 is 20.4. The Kier molecular flexibility index (Phi) is 20.0. The van der Waals surface area contributed by atoms with Crippen LogP contribution in [-0.4, -0.2) is 46.1 Å². The van der Waals surface area contributed by atoms with Crippen molar-refractivity contribution >= 4 is 28.3 Å². The van der Waals surface area contributed by atoms with Crippen molar-refractivity contribution in [3.05, 3.63) is 53.0 Å². The predicted octanol–water partition coefficient (Wildman–Crippen LogP) is 7.26. The lowest BCUT2D eigenvalue weighted by atomic mass is 10.1. The van der Waals surface area contributed by atoms with E-state index in [0.717, 1.165) is 25.6 Å². The normalized spacial score (nSPS) is 10.6. The minimum atomic E-state index is -0.390. The van der Waals surface area contributed by atoms with E-state index >= 15 is 0 Å². The molecule has 0 saturated carbocycles. The number of amides is 2. The first-order chi connectivity index (χ1) is 19.2. The fourth-order valence-corrected chi connectivity index (χ4v) is 3.65. The van der Waals surface area contributed by atoms with Crippen LogP contribution >= 0.6 is 11.3 Å². The maximum atomic E-state index is 13.3. The molecule has 0 radical (unpaired) electrons. The Labute approximate surface area is 243 Å². The molecule has 3 heterocycles. The molecule has 0 aromatic carbocycles. The summed E-state index contributed by atoms with van der Waals surface area (Å²) >= 11 is 1.22. The zero-order valence-electron chi connectivity index (χ0n) is 25.6. The number of hydrogen-bond acceptors (Lipinski definition) is 6. The summed E-state index contributed by atoms with van der Waals surface area (Å²) in [6, 6.07) is 4.52. The van der Waals surface area contributed by atoms with Gasteiger partial charge in [-0.1, -0.05) is 54.9 Å². The summed E-state index contributed by atoms with van der Waals surface area (Å²) in [4.78, 5) is 32.3. The Morgan fingerprint density at radius 2 is 1.77 bits per heavy atom. The van der Waals surface area contributed by atoms with Gasteiger partial charge in [0.05, 0.1) is 23.5 Å². The molecule has 8 nitrogen and oxygen atoms in total. The summed E-state index contributed by atoms with van der Waals surface area (Å²) in [5.74, 6) is -0.270. The zero-order chi connectivity index (χ0) is 30.5. The van der Waals surface area contributed by atoms with Gasteiger partial charge in [-0.2, -0.15) is 0 Å². The number of anilines is 1. The largest absolute Gasteiger partial charge is 0.381 e. The second-order valence-electron chi connectivity index (χ2n) is 8.51. The summed E-state index contributed by atoms with van der Waals surface area (Å²) in [6.07, 6.45) is 7.04. The fraction of sp³-hybridized carbons (Fsp3) is 0.533. The van der Waals surface area contributed by atoms with Crippen LogP contribution in [0.1, 0.15) is 83.8 Å². The van der Waals surface area contributed by atoms with Gasteiger partial charge in [0.15, 0.2) is 5.13 Å². The molecule has 0 bridgehead atoms. The number of hydrogen-bond donors (Lipinski definition) is 2. The topological polar surface area (TPSA) is 98.1 Å². The Hall–Kier alpha value is -3.11. The first-order valence-electron chi connectivity index (χ1n) is 14.1. The predicted molar refractivity (Wildman–Crippen MR) is 164 cm³/mol. The molecular formula is C30H48FN5O3S. The molecule has 1 atom stereocenters. The SMILES string of the molecule is CC.CC.CCCOCCC(C)CC.Cc1nc(-c2csc(NC(=O)CNC(=O)c3ccn(C)c3)n2)ccc1F. The Morgan fingerprint density at radius 1 is 1.07 bits per heavy atom. The van der Waals surface area contributed by atoms with Crippen molar-refractivity contribution in [1.82, 2.24) is 19.9 Å². The molecule has 0 saturated heterocycles. The van der Waals surface area contributed by atoms with E-state index in [4.69, 9.17) is 4.74 Å². The molecule has 3 aromatic rings. The lowest BCUT2D eigenvalue weighted by Gasteiger charge is -2.07. The van der Waals surface area contributed by atoms with E-state index < -0.39 is 5.91 Å². The van der Waals surface area contributed by atoms with Gasteiger partial charge in [-0.25, -0.2) is 14.4 Å². The molecule has 40 heavy (non-hydrogen) atoms. The van der Waals surface area contributed by atoms with Gasteiger partial charge in [0.1, 0.15) is 11.5 Å². The molecule has 0 aliphatic rings. The van der Waals surface area contributed by atoms with Gasteiger partial charge in [0, 0.05) is 38.0 Å². The van der Waals surface area contributed by atoms with Gasteiger partial charge in [0.2, 0.25) is 5.91 Å². The van der Waals surface area contributed by atoms with E-state index in [-0.39, 0.29) is 24.0 Å². The number of carbonyl (C=O) groups excluding carboxylic acids is 2. The third-order valence-corrected chi connectivity index (χ3v) is 6.10. The molecule has 2 amide bonds. The van der Waals surface area contributed by atoms with Crippen LogP contribution in [0.3, 0.4) is 0 Å². The molecule has 3 aromatic heterocycles. The molecule has 0 aliphatic carbocycles. The van der Waals surface area contributed by atoms with Crippen LogP contribution in [0.25, 0.3) is 11.4 Å². The van der Waals surface area contributed by atoms with E-state index in [0.29, 0.717) is 22.1 Å². The summed E-state index contributed by atoms with van der Waals surface area (Å²) in [6.45, 7) is 17.9. The monoisotopic (exact) mass is 577 g/mol. The summed E-state index contributed by atoms with van der Waals surface area (Å²) in [5.41, 5.74) is 1.83. The quantitative estimate of drug-likeness (QED) is 0.234. The molecule has 0 fully saturated rings. The van der Waals surface area contributed by atoms with Crippen LogP contribution in [0.15, 0.2) is 36.0 Å². The molecule has 0 spiro atoms. The highest BCUT2D eigenvalue weighted by Crippen LogP contribution is 2.24. The Balaban J connectivity index is 0.000000918. The fourth-order valence-electron chi connectivity index (χ4n) is 2.93. The molecule has 224 valence electrons. The van der Waals surface area contributed by atoms with Crippen LogP contribution in [0.5, 0.6) is 0 Å². The Morgan fingerprint density at radius 3 is 2.35 bits per heavy atom. The van der Waals surface area contributed by atoms with Crippen LogP contribution in [-0.2, 0) is 16.6 Å². The second kappa shape index (κ2) is 21.7. The number of nitrogens with zero attached hydrogens (tertiary/aromatic N) is 3. The molecular weight excluding hydrogens is 529 g/mol. The first-order valence-corrected chi connectivity index (χ1v) is 15.0. The molecule has 0 aliphatic heterocycles. The highest BCUT2D eigenvalue weighted by molar-refractivity contribution is 7.14. The average Bonchev–Trinajstić information content (AvgIpc) is 3.63. The van der Waals surface area contributed by atoms with Gasteiger partial charge in [-0.05, 0) is 43.9 Å². The molecule has 2 N–H and O–H groups in total. The number of ether oxygens (including phenoxy) is 1. The minimum Gasteiger partial charge on any atom is -0.381 e. The number of halogens is 1. The van der Waals surface area contributed by atoms with Gasteiger partial charge >= 0.3 is 0 Å². The van der Waals surface area contributed by atoms with Crippen LogP contribution in [0.4, 0.5) is 9.52 Å². The number of aryl methyl sites for hydroxylation is 2. The van der Waals surface area contributed by atoms with Crippen LogP contribution < -0.4 is 10.6 Å². The number of nitrogens with one attached hydrogen (secondary N) is 2. The van der Waals surface area contributed by atoms with E-state index in [1.165, 1.54) is 36.3 Å². The summed E-state index contributed by atoms with van der Waals surface area (Å²) in [5, 5.41) is 7.26. The lowest BCUT2D eigenvalue weighted by Crippen LogP contribution is -2.32. The zero-order valence-corrected chi connectivity index (χ0v) is 26.5. The van der Waals surface area contributed by atoms with E-state index in [2.05, 4.69) is 41.4 Å². The number of rotatable bonds is 11. The Bertz CT molecular complexity index is 1120. The molecule has 3 rings (SSSR count). The van der Waals surface area contributed by atoms with Crippen molar-refractivity contribution in [3.63, 3.8) is 0 Å². The van der Waals surface area contributed by atoms with Crippen LogP contribution in [0.2, 0.25) is 0 Å². The maximum Gasteiger partial charge on any atom is 0.253 e. The van der Waals surface area contributed by atoms with E-state index in [1.807, 2.05) is 27.7 Å². The number of thiazole rings is 1. The van der Waals surface area contributed by atoms with Crippen molar-refractivity contribution in [3.8, 4) is 11.4 Å². The van der Waals surface area contributed by atoms with Crippen molar-refractivity contribution in [1.29, 1.82) is 0 Å². The van der Waals surface area contributed by atoms with Gasteiger partial charge in [-0.3, -0.25) is 9.59 Å². The minimum absolute atomic E-state index is 0.170. The smallest absolute Gasteiger partial charge is 0.253 e. The van der Waals surface area contributed by atoms with E-state index in [9.17, 15) is 14.0 Å². The lowest BCUT2D eigenvalue weighted by molar-refractivity contribution is -0.115. The molecule has 1 unspecified atom stereocenters. The number of pyridine rings is 1. The standard InChI is InChI=1S/C17H16FN5O2S.C9H20O.2C2H6/c1-10-12(18)3-4-13(20-10)14-9-26-17(21-14)22-15(24)7-19-16(25)11-5-6-23(2)8-11;1-4-7-10-8-6-9(3)5-2;2*1-2/h3-6,8-9H,7H2,1-2H3,(H,19,25)(H,21,22,24);9H,4-8H2,1-3H3;2*1-2H3. The highest BCUT2D eigenvalue weighted by atomic mass is 32.1. The van der Waals surface area contributed by atoms with E-state index in [1.54, 1.807) is 42.4 Å². The molecule has 10 heteroatoms. The van der Waals surface area contributed by atoms with Gasteiger partial charge in [-0.15, -0.1) is 11.3 Å². The van der Waals surface area contributed by atoms with Gasteiger partial charge < -0.3 is 19.9 Å². The third kappa shape index (κ3) is 14.3. The third-order valence-electron chi connectivity index (χ3n) is 5.34. The number of carbonyl (C=O) groups is 2. The average molecular weight is 578 g/mol. The van der Waals surface area contributed by atoms with Gasteiger partial charge in [0.25, 0.3) is 5.91 Å². The van der Waals surface area contributed by atoms with Crippen molar-refractivity contribution in [2.45, 2.75) is 74.7 Å². The van der Waals surface area contributed by atoms with Crippen molar-refractivity contribution < 1.29 is 18.7 Å². The van der Waals surface area contributed by atoms with Crippen molar-refractivity contribution in [2.75, 3.05) is 25.1 Å².